The zero-order valence-electron chi connectivity index (χ0n) is 15.0. The Labute approximate surface area is 153 Å². The molecule has 0 saturated carbocycles. The molecule has 0 N–H and O–H groups in total. The van der Waals surface area contributed by atoms with Crippen LogP contribution in [0.15, 0.2) is 0 Å². The first-order chi connectivity index (χ1) is 11.8. The van der Waals surface area contributed by atoms with E-state index in [1.54, 1.807) is 6.92 Å². The van der Waals surface area contributed by atoms with Crippen LogP contribution in [0.3, 0.4) is 0 Å². The molecule has 0 unspecified atom stereocenters. The van der Waals surface area contributed by atoms with Crippen molar-refractivity contribution in [2.75, 3.05) is 19.8 Å². The van der Waals surface area contributed by atoms with Gasteiger partial charge in [-0.15, -0.1) is 0 Å². The normalized spacial score (nSPS) is 20.2. The van der Waals surface area contributed by atoms with Gasteiger partial charge in [-0.1, -0.05) is 25.4 Å². The molecule has 1 fully saturated rings. The maximum Gasteiger partial charge on any atom is 0.341 e. The van der Waals surface area contributed by atoms with Gasteiger partial charge in [0.15, 0.2) is 5.78 Å². The molecule has 0 radical (unpaired) electrons. The highest BCUT2D eigenvalue weighted by atomic mass is 35.5. The number of Topliss-reactive ketones (excluding diaryl/α,β-unsaturated/α-hetero) is 1. The monoisotopic (exact) mass is 365 g/mol. The fourth-order valence-electron chi connectivity index (χ4n) is 3.74. The van der Waals surface area contributed by atoms with Gasteiger partial charge in [0, 0.05) is 25.6 Å². The largest absolute Gasteiger partial charge is 0.462 e. The molecule has 0 bridgehead atoms. The van der Waals surface area contributed by atoms with Crippen LogP contribution >= 0.6 is 11.6 Å². The quantitative estimate of drug-likeness (QED) is 0.758. The summed E-state index contributed by atoms with van der Waals surface area (Å²) in [5.41, 5.74) is 1.89. The van der Waals surface area contributed by atoms with Crippen LogP contribution in [-0.2, 0) is 15.9 Å². The van der Waals surface area contributed by atoms with E-state index in [0.29, 0.717) is 43.0 Å². The van der Waals surface area contributed by atoms with Crippen molar-refractivity contribution >= 4 is 23.4 Å². The zero-order chi connectivity index (χ0) is 18.2. The number of nitrogens with zero attached hydrogens (tertiary/aromatic N) is 1. The molecular weight excluding hydrogens is 342 g/mol. The number of esters is 1. The van der Waals surface area contributed by atoms with Crippen LogP contribution in [0.2, 0.25) is 5.02 Å². The molecule has 25 heavy (non-hydrogen) atoms. The Morgan fingerprint density at radius 1 is 1.32 bits per heavy atom. The predicted molar refractivity (Wildman–Crippen MR) is 94.4 cm³/mol. The third kappa shape index (κ3) is 3.58. The first kappa shape index (κ1) is 18.3. The van der Waals surface area contributed by atoms with Crippen LogP contribution < -0.4 is 0 Å². The number of pyridine rings is 1. The zero-order valence-corrected chi connectivity index (χ0v) is 15.7. The molecule has 6 heteroatoms. The molecule has 1 aromatic rings. The molecule has 1 saturated heterocycles. The Balaban J connectivity index is 2.16. The summed E-state index contributed by atoms with van der Waals surface area (Å²) >= 11 is 6.58. The SMILES string of the molecule is CCOC(=O)c1c(C2CCOCC2)nc2c(c1Cl)C(=O)CC(C)(C)C2. The highest BCUT2D eigenvalue weighted by Crippen LogP contribution is 2.41. The standard InChI is InChI=1S/C19H24ClNO4/c1-4-25-18(23)15-16(20)14-12(9-19(2,3)10-13(14)22)21-17(15)11-5-7-24-8-6-11/h11H,4-10H2,1-3H3. The van der Waals surface area contributed by atoms with Crippen molar-refractivity contribution in [3.8, 4) is 0 Å². The second-order valence-corrected chi connectivity index (χ2v) is 7.93. The van der Waals surface area contributed by atoms with Crippen molar-refractivity contribution in [3.63, 3.8) is 0 Å². The first-order valence-electron chi connectivity index (χ1n) is 8.84. The lowest BCUT2D eigenvalue weighted by Crippen LogP contribution is -2.30. The summed E-state index contributed by atoms with van der Waals surface area (Å²) in [6, 6.07) is 0. The molecule has 0 aromatic carbocycles. The number of ketones is 1. The third-order valence-corrected chi connectivity index (χ3v) is 5.27. The Hall–Kier alpha value is -1.46. The highest BCUT2D eigenvalue weighted by molar-refractivity contribution is 6.37. The van der Waals surface area contributed by atoms with E-state index in [1.807, 2.05) is 0 Å². The number of aromatic nitrogens is 1. The number of carbonyl (C=O) groups excluding carboxylic acids is 2. The minimum absolute atomic E-state index is 0.0483. The molecule has 0 spiro atoms. The summed E-state index contributed by atoms with van der Waals surface area (Å²) in [6.45, 7) is 7.37. The Morgan fingerprint density at radius 2 is 2.00 bits per heavy atom. The Bertz CT molecular complexity index is 708. The van der Waals surface area contributed by atoms with Gasteiger partial charge in [0.05, 0.1) is 28.6 Å². The topological polar surface area (TPSA) is 65.5 Å². The number of carbonyl (C=O) groups is 2. The van der Waals surface area contributed by atoms with E-state index < -0.39 is 5.97 Å². The molecule has 2 heterocycles. The molecule has 0 amide bonds. The van der Waals surface area contributed by atoms with Gasteiger partial charge in [-0.25, -0.2) is 4.79 Å². The minimum Gasteiger partial charge on any atom is -0.462 e. The van der Waals surface area contributed by atoms with Crippen molar-refractivity contribution < 1.29 is 19.1 Å². The smallest absolute Gasteiger partial charge is 0.341 e. The number of hydrogen-bond donors (Lipinski definition) is 0. The van der Waals surface area contributed by atoms with E-state index in [1.165, 1.54) is 0 Å². The lowest BCUT2D eigenvalue weighted by Gasteiger charge is -2.32. The number of rotatable bonds is 3. The van der Waals surface area contributed by atoms with E-state index in [-0.39, 0.29) is 34.3 Å². The Kier molecular flexibility index (Phi) is 5.16. The summed E-state index contributed by atoms with van der Waals surface area (Å²) in [5, 5.41) is 0.213. The van der Waals surface area contributed by atoms with Crippen LogP contribution in [0.4, 0.5) is 0 Å². The first-order valence-corrected chi connectivity index (χ1v) is 9.22. The molecule has 0 atom stereocenters. The van der Waals surface area contributed by atoms with Gasteiger partial charge in [0.1, 0.15) is 5.56 Å². The maximum absolute atomic E-state index is 12.6. The summed E-state index contributed by atoms with van der Waals surface area (Å²) in [5.74, 6) is -0.453. The van der Waals surface area contributed by atoms with Gasteiger partial charge in [-0.2, -0.15) is 0 Å². The van der Waals surface area contributed by atoms with E-state index in [9.17, 15) is 9.59 Å². The van der Waals surface area contributed by atoms with Gasteiger partial charge in [0.25, 0.3) is 0 Å². The van der Waals surface area contributed by atoms with Gasteiger partial charge in [-0.3, -0.25) is 9.78 Å². The van der Waals surface area contributed by atoms with Crippen LogP contribution in [0.1, 0.15) is 78.1 Å². The Morgan fingerprint density at radius 3 is 2.64 bits per heavy atom. The fourth-order valence-corrected chi connectivity index (χ4v) is 4.12. The van der Waals surface area contributed by atoms with Crippen LogP contribution in [0.5, 0.6) is 0 Å². The molecular formula is C19H24ClNO4. The highest BCUT2D eigenvalue weighted by Gasteiger charge is 2.38. The van der Waals surface area contributed by atoms with Gasteiger partial charge in [0.2, 0.25) is 0 Å². The molecule has 1 aliphatic carbocycles. The van der Waals surface area contributed by atoms with Crippen LogP contribution in [-0.4, -0.2) is 36.6 Å². The van der Waals surface area contributed by atoms with Crippen LogP contribution in [0, 0.1) is 5.41 Å². The van der Waals surface area contributed by atoms with Gasteiger partial charge < -0.3 is 9.47 Å². The predicted octanol–water partition coefficient (Wildman–Crippen LogP) is 3.96. The molecule has 5 nitrogen and oxygen atoms in total. The molecule has 1 aromatic heterocycles. The summed E-state index contributed by atoms with van der Waals surface area (Å²) in [6.07, 6.45) is 2.64. The van der Waals surface area contributed by atoms with Crippen molar-refractivity contribution in [2.24, 2.45) is 5.41 Å². The molecule has 136 valence electrons. The maximum atomic E-state index is 12.6. The van der Waals surface area contributed by atoms with Crippen molar-refractivity contribution in [2.45, 2.75) is 52.4 Å². The number of fused-ring (bicyclic) bond motifs is 1. The average molecular weight is 366 g/mol. The second-order valence-electron chi connectivity index (χ2n) is 7.56. The average Bonchev–Trinajstić information content (AvgIpc) is 2.53. The van der Waals surface area contributed by atoms with E-state index >= 15 is 0 Å². The summed E-state index contributed by atoms with van der Waals surface area (Å²) < 4.78 is 10.6. The van der Waals surface area contributed by atoms with Crippen LogP contribution in [0.25, 0.3) is 0 Å². The van der Waals surface area contributed by atoms with E-state index in [4.69, 9.17) is 26.1 Å². The molecule has 2 aliphatic rings. The summed E-state index contributed by atoms with van der Waals surface area (Å²) in [7, 11) is 0. The van der Waals surface area contributed by atoms with Crippen molar-refractivity contribution in [1.29, 1.82) is 0 Å². The molecule has 3 rings (SSSR count). The fraction of sp³-hybridized carbons (Fsp3) is 0.632. The molecule has 1 aliphatic heterocycles. The lowest BCUT2D eigenvalue weighted by atomic mass is 9.75. The van der Waals surface area contributed by atoms with E-state index in [0.717, 1.165) is 12.8 Å². The number of ether oxygens (including phenoxy) is 2. The number of halogens is 1. The lowest BCUT2D eigenvalue weighted by molar-refractivity contribution is 0.0518. The third-order valence-electron chi connectivity index (χ3n) is 4.89. The van der Waals surface area contributed by atoms with E-state index in [2.05, 4.69) is 13.8 Å². The summed E-state index contributed by atoms with van der Waals surface area (Å²) in [4.78, 5) is 30.0. The van der Waals surface area contributed by atoms with Gasteiger partial charge in [-0.05, 0) is 31.6 Å². The van der Waals surface area contributed by atoms with Crippen molar-refractivity contribution in [1.82, 2.24) is 4.98 Å². The van der Waals surface area contributed by atoms with Gasteiger partial charge >= 0.3 is 5.97 Å². The minimum atomic E-state index is -0.498. The van der Waals surface area contributed by atoms with Crippen molar-refractivity contribution in [3.05, 3.63) is 27.5 Å². The second kappa shape index (κ2) is 7.04. The number of hydrogen-bond acceptors (Lipinski definition) is 5.